The molecule has 0 fully saturated rings. The van der Waals surface area contributed by atoms with Crippen molar-refractivity contribution in [1.29, 1.82) is 0 Å². The lowest BCUT2D eigenvalue weighted by molar-refractivity contribution is 0.0500. The molecule has 41 heavy (non-hydrogen) atoms. The molecule has 0 saturated carbocycles. The zero-order valence-electron chi connectivity index (χ0n) is 24.2. The number of ether oxygens (including phenoxy) is 1. The predicted octanol–water partition coefficient (Wildman–Crippen LogP) is 9.67. The van der Waals surface area contributed by atoms with Crippen molar-refractivity contribution < 1.29 is 9.53 Å². The van der Waals surface area contributed by atoms with Crippen molar-refractivity contribution in [2.75, 3.05) is 24.6 Å². The maximum Gasteiger partial charge on any atom is 0.338 e. The summed E-state index contributed by atoms with van der Waals surface area (Å²) in [7, 11) is 0. The third-order valence-electron chi connectivity index (χ3n) is 7.90. The van der Waals surface area contributed by atoms with Crippen molar-refractivity contribution in [3.8, 4) is 0 Å². The fraction of sp³-hybridized carbons (Fsp3) is 0.343. The molecule has 6 aromatic rings. The molecule has 0 unspecified atom stereocenters. The molecular formula is C35H37N3O2S. The van der Waals surface area contributed by atoms with Crippen LogP contribution >= 0.6 is 11.3 Å². The first-order chi connectivity index (χ1) is 20.1. The first-order valence-electron chi connectivity index (χ1n) is 15.0. The Hall–Kier alpha value is -3.77. The summed E-state index contributed by atoms with van der Waals surface area (Å²) in [5.41, 5.74) is 5.09. The van der Waals surface area contributed by atoms with E-state index in [0.717, 1.165) is 52.6 Å². The van der Waals surface area contributed by atoms with Crippen LogP contribution in [-0.2, 0) is 4.74 Å². The van der Waals surface area contributed by atoms with Gasteiger partial charge >= 0.3 is 5.97 Å². The van der Waals surface area contributed by atoms with E-state index in [9.17, 15) is 4.79 Å². The zero-order valence-corrected chi connectivity index (χ0v) is 25.0. The lowest BCUT2D eigenvalue weighted by Gasteiger charge is -2.24. The van der Waals surface area contributed by atoms with Gasteiger partial charge in [0.25, 0.3) is 0 Å². The van der Waals surface area contributed by atoms with Crippen LogP contribution in [0, 0.1) is 0 Å². The van der Waals surface area contributed by atoms with Crippen molar-refractivity contribution in [3.05, 3.63) is 66.2 Å². The van der Waals surface area contributed by atoms with Gasteiger partial charge in [-0.15, -0.1) is 11.3 Å². The molecule has 210 valence electrons. The summed E-state index contributed by atoms with van der Waals surface area (Å²) >= 11 is 1.81. The van der Waals surface area contributed by atoms with E-state index < -0.39 is 0 Å². The van der Waals surface area contributed by atoms with Gasteiger partial charge in [-0.2, -0.15) is 0 Å². The minimum atomic E-state index is -0.310. The molecule has 0 N–H and O–H groups in total. The summed E-state index contributed by atoms with van der Waals surface area (Å²) in [6, 6.07) is 21.0. The largest absolute Gasteiger partial charge is 0.462 e. The Kier molecular flexibility index (Phi) is 8.02. The lowest BCUT2D eigenvalue weighted by Crippen LogP contribution is -2.25. The number of esters is 1. The van der Waals surface area contributed by atoms with Crippen LogP contribution in [0.3, 0.4) is 0 Å². The van der Waals surface area contributed by atoms with Crippen LogP contribution in [0.25, 0.3) is 53.0 Å². The molecule has 4 aromatic carbocycles. The van der Waals surface area contributed by atoms with Crippen molar-refractivity contribution in [3.63, 3.8) is 0 Å². The Bertz CT molecular complexity index is 1870. The third-order valence-corrected chi connectivity index (χ3v) is 9.06. The second-order valence-corrected chi connectivity index (χ2v) is 11.9. The SMILES string of the molecule is CCCCOC(=O)c1ccc2nc3c(nc2c1)c1ccccc1c1c2ccc(N(CCCC)CCCC)cc2sc31. The van der Waals surface area contributed by atoms with E-state index in [4.69, 9.17) is 14.7 Å². The van der Waals surface area contributed by atoms with Gasteiger partial charge in [0.15, 0.2) is 0 Å². The molecule has 0 amide bonds. The molecule has 0 saturated heterocycles. The summed E-state index contributed by atoms with van der Waals surface area (Å²) in [6.45, 7) is 9.20. The highest BCUT2D eigenvalue weighted by Crippen LogP contribution is 2.44. The van der Waals surface area contributed by atoms with Crippen LogP contribution in [0.4, 0.5) is 5.69 Å². The number of carbonyl (C=O) groups excluding carboxylic acids is 1. The Morgan fingerprint density at radius 3 is 2.27 bits per heavy atom. The molecule has 0 atom stereocenters. The molecule has 0 radical (unpaired) electrons. The van der Waals surface area contributed by atoms with Gasteiger partial charge in [-0.1, -0.05) is 70.4 Å². The Balaban J connectivity index is 1.53. The lowest BCUT2D eigenvalue weighted by atomic mass is 10.0. The Morgan fingerprint density at radius 1 is 0.780 bits per heavy atom. The molecule has 2 aromatic heterocycles. The summed E-state index contributed by atoms with van der Waals surface area (Å²) in [6.07, 6.45) is 6.63. The van der Waals surface area contributed by atoms with Crippen molar-refractivity contribution in [2.24, 2.45) is 0 Å². The van der Waals surface area contributed by atoms with E-state index in [0.29, 0.717) is 17.7 Å². The maximum absolute atomic E-state index is 12.6. The molecule has 5 nitrogen and oxygen atoms in total. The van der Waals surface area contributed by atoms with Crippen LogP contribution < -0.4 is 4.90 Å². The molecule has 2 heterocycles. The third kappa shape index (κ3) is 5.21. The van der Waals surface area contributed by atoms with Crippen LogP contribution in [0.2, 0.25) is 0 Å². The highest BCUT2D eigenvalue weighted by Gasteiger charge is 2.19. The minimum Gasteiger partial charge on any atom is -0.462 e. The van der Waals surface area contributed by atoms with Gasteiger partial charge in [-0.3, -0.25) is 0 Å². The molecule has 0 aliphatic carbocycles. The molecule has 0 spiro atoms. The number of rotatable bonds is 11. The maximum atomic E-state index is 12.6. The van der Waals surface area contributed by atoms with E-state index in [-0.39, 0.29) is 5.97 Å². The molecule has 0 aliphatic rings. The number of hydrogen-bond acceptors (Lipinski definition) is 6. The topological polar surface area (TPSA) is 55.3 Å². The Labute approximate surface area is 245 Å². The number of aromatic nitrogens is 2. The zero-order chi connectivity index (χ0) is 28.3. The normalized spacial score (nSPS) is 11.8. The van der Waals surface area contributed by atoms with Gasteiger partial charge in [0.2, 0.25) is 0 Å². The quantitative estimate of drug-likeness (QED) is 0.0680. The monoisotopic (exact) mass is 563 g/mol. The smallest absolute Gasteiger partial charge is 0.338 e. The van der Waals surface area contributed by atoms with Gasteiger partial charge in [-0.25, -0.2) is 14.8 Å². The van der Waals surface area contributed by atoms with E-state index in [2.05, 4.69) is 68.1 Å². The van der Waals surface area contributed by atoms with Crippen LogP contribution in [0.5, 0.6) is 0 Å². The Morgan fingerprint density at radius 2 is 1.51 bits per heavy atom. The summed E-state index contributed by atoms with van der Waals surface area (Å²) < 4.78 is 7.89. The van der Waals surface area contributed by atoms with Gasteiger partial charge in [0.1, 0.15) is 5.52 Å². The van der Waals surface area contributed by atoms with Crippen LogP contribution in [0.1, 0.15) is 69.7 Å². The van der Waals surface area contributed by atoms with E-state index in [1.807, 2.05) is 23.5 Å². The second kappa shape index (κ2) is 12.0. The number of anilines is 1. The summed E-state index contributed by atoms with van der Waals surface area (Å²) in [5.74, 6) is -0.310. The number of carbonyl (C=O) groups is 1. The van der Waals surface area contributed by atoms with E-state index in [1.54, 1.807) is 6.07 Å². The van der Waals surface area contributed by atoms with E-state index >= 15 is 0 Å². The van der Waals surface area contributed by atoms with E-state index in [1.165, 1.54) is 52.2 Å². The predicted molar refractivity (Wildman–Crippen MR) is 175 cm³/mol. The van der Waals surface area contributed by atoms with Crippen molar-refractivity contribution >= 4 is 76.0 Å². The highest BCUT2D eigenvalue weighted by molar-refractivity contribution is 7.27. The summed E-state index contributed by atoms with van der Waals surface area (Å²) in [5, 5.41) is 4.78. The number of benzene rings is 4. The molecule has 0 aliphatic heterocycles. The second-order valence-electron chi connectivity index (χ2n) is 10.8. The highest BCUT2D eigenvalue weighted by atomic mass is 32.1. The molecule has 6 rings (SSSR count). The van der Waals surface area contributed by atoms with Crippen LogP contribution in [-0.4, -0.2) is 35.6 Å². The van der Waals surface area contributed by atoms with Gasteiger partial charge < -0.3 is 9.64 Å². The fourth-order valence-electron chi connectivity index (χ4n) is 5.61. The molecule has 6 heteroatoms. The number of hydrogen-bond donors (Lipinski definition) is 0. The van der Waals surface area contributed by atoms with Crippen molar-refractivity contribution in [2.45, 2.75) is 59.3 Å². The fourth-order valence-corrected chi connectivity index (χ4v) is 6.85. The first-order valence-corrected chi connectivity index (χ1v) is 15.8. The van der Waals surface area contributed by atoms with Crippen molar-refractivity contribution in [1.82, 2.24) is 9.97 Å². The molecular weight excluding hydrogens is 526 g/mol. The number of unbranched alkanes of at least 4 members (excludes halogenated alkanes) is 3. The summed E-state index contributed by atoms with van der Waals surface area (Å²) in [4.78, 5) is 25.4. The molecule has 0 bridgehead atoms. The first kappa shape index (κ1) is 27.4. The van der Waals surface area contributed by atoms with Crippen LogP contribution in [0.15, 0.2) is 60.7 Å². The minimum absolute atomic E-state index is 0.310. The number of thiophene rings is 1. The standard InChI is InChI=1S/C35H37N3O2S/c1-4-7-18-38(19-8-5-2)24-15-16-27-30(22-24)41-34-31(27)25-12-10-11-13-26(25)32-33(34)36-28-17-14-23(21-29(28)37-32)35(39)40-20-9-6-3/h10-17,21-22H,4-9,18-20H2,1-3H3. The number of nitrogens with zero attached hydrogens (tertiary/aromatic N) is 3. The number of fused-ring (bicyclic) bond motifs is 9. The average Bonchev–Trinajstić information content (AvgIpc) is 3.39. The van der Waals surface area contributed by atoms with Gasteiger partial charge in [0.05, 0.1) is 33.4 Å². The average molecular weight is 564 g/mol. The van der Waals surface area contributed by atoms with Gasteiger partial charge in [0, 0.05) is 39.6 Å². The van der Waals surface area contributed by atoms with Gasteiger partial charge in [-0.05, 0) is 55.0 Å².